The van der Waals surface area contributed by atoms with E-state index in [1.807, 2.05) is 13.8 Å². The van der Waals surface area contributed by atoms with Gasteiger partial charge in [0.1, 0.15) is 12.1 Å². The van der Waals surface area contributed by atoms with E-state index in [0.29, 0.717) is 18.4 Å². The van der Waals surface area contributed by atoms with Crippen molar-refractivity contribution in [2.45, 2.75) is 109 Å². The Morgan fingerprint density at radius 2 is 1.71 bits per heavy atom. The van der Waals surface area contributed by atoms with Gasteiger partial charge in [-0.3, -0.25) is 14.5 Å². The molecule has 1 fully saturated rings. The van der Waals surface area contributed by atoms with Crippen LogP contribution < -0.4 is 10.6 Å². The number of aliphatic hydroxyl groups excluding tert-OH is 2. The van der Waals surface area contributed by atoms with Gasteiger partial charge in [0, 0.05) is 13.0 Å². The molecule has 9 nitrogen and oxygen atoms in total. The van der Waals surface area contributed by atoms with E-state index in [2.05, 4.69) is 16.6 Å². The van der Waals surface area contributed by atoms with E-state index < -0.39 is 76.1 Å². The van der Waals surface area contributed by atoms with E-state index in [-0.39, 0.29) is 37.6 Å². The van der Waals surface area contributed by atoms with Crippen molar-refractivity contribution in [3.8, 4) is 12.3 Å². The van der Waals surface area contributed by atoms with Crippen molar-refractivity contribution in [2.75, 3.05) is 31.6 Å². The normalized spacial score (nSPS) is 17.7. The van der Waals surface area contributed by atoms with Crippen LogP contribution in [0.3, 0.4) is 0 Å². The molecule has 0 saturated heterocycles. The van der Waals surface area contributed by atoms with Gasteiger partial charge in [-0.1, -0.05) is 76.3 Å². The molecule has 272 valence electrons. The number of benzene rings is 1. The SMILES string of the molecule is C#CCC[C@H](NC(=O)[C@H](Cc1ccccc1)CS(=O)(=O)CCN(C)CC(F)(F)F)C(=O)N[C@@H](CC1CCCCC1)[C@@H](O)[C@@H](O)CC(C)C. The predicted octanol–water partition coefficient (Wildman–Crippen LogP) is 3.88. The van der Waals surface area contributed by atoms with Crippen LogP contribution in [0.4, 0.5) is 13.2 Å². The van der Waals surface area contributed by atoms with Crippen LogP contribution >= 0.6 is 0 Å². The number of hydrogen-bond donors (Lipinski definition) is 4. The molecule has 0 bridgehead atoms. The molecule has 13 heteroatoms. The lowest BCUT2D eigenvalue weighted by Crippen LogP contribution is -2.56. The summed E-state index contributed by atoms with van der Waals surface area (Å²) in [5.41, 5.74) is 0.668. The summed E-state index contributed by atoms with van der Waals surface area (Å²) in [4.78, 5) is 28.3. The van der Waals surface area contributed by atoms with Gasteiger partial charge in [0.2, 0.25) is 11.8 Å². The first-order chi connectivity index (χ1) is 22.5. The van der Waals surface area contributed by atoms with E-state index >= 15 is 0 Å². The fourth-order valence-electron chi connectivity index (χ4n) is 6.22. The largest absolute Gasteiger partial charge is 0.401 e. The van der Waals surface area contributed by atoms with Crippen LogP contribution in [-0.2, 0) is 25.8 Å². The van der Waals surface area contributed by atoms with Crippen molar-refractivity contribution in [3.63, 3.8) is 0 Å². The number of halogens is 3. The summed E-state index contributed by atoms with van der Waals surface area (Å²) in [5, 5.41) is 27.5. The number of aliphatic hydroxyl groups is 2. The third-order valence-electron chi connectivity index (χ3n) is 8.75. The smallest absolute Gasteiger partial charge is 0.390 e. The Balaban J connectivity index is 2.27. The first-order valence-electron chi connectivity index (χ1n) is 16.9. The number of hydrogen-bond acceptors (Lipinski definition) is 7. The van der Waals surface area contributed by atoms with E-state index in [9.17, 15) is 41.4 Å². The van der Waals surface area contributed by atoms with Crippen LogP contribution in [0.15, 0.2) is 30.3 Å². The second-order valence-electron chi connectivity index (χ2n) is 13.7. The highest BCUT2D eigenvalue weighted by Crippen LogP contribution is 2.29. The molecule has 4 N–H and O–H groups in total. The average molecular weight is 702 g/mol. The molecule has 2 amide bonds. The van der Waals surface area contributed by atoms with E-state index in [4.69, 9.17) is 6.42 Å². The minimum Gasteiger partial charge on any atom is -0.390 e. The van der Waals surface area contributed by atoms with Gasteiger partial charge in [0.25, 0.3) is 0 Å². The second-order valence-corrected chi connectivity index (χ2v) is 15.9. The van der Waals surface area contributed by atoms with Gasteiger partial charge in [0.15, 0.2) is 9.84 Å². The molecule has 1 aliphatic carbocycles. The molecule has 0 spiro atoms. The molecule has 5 atom stereocenters. The van der Waals surface area contributed by atoms with Gasteiger partial charge in [-0.05, 0) is 50.1 Å². The molecule has 0 aromatic heterocycles. The van der Waals surface area contributed by atoms with Crippen molar-refractivity contribution < 1.29 is 41.4 Å². The fraction of sp³-hybridized carbons (Fsp3) is 0.714. The summed E-state index contributed by atoms with van der Waals surface area (Å²) in [6.45, 7) is 2.20. The topological polar surface area (TPSA) is 136 Å². The Bertz CT molecular complexity index is 1270. The Kier molecular flexibility index (Phi) is 17.4. The molecular weight excluding hydrogens is 647 g/mol. The van der Waals surface area contributed by atoms with Crippen molar-refractivity contribution in [1.82, 2.24) is 15.5 Å². The van der Waals surface area contributed by atoms with Crippen molar-refractivity contribution in [2.24, 2.45) is 17.8 Å². The first-order valence-corrected chi connectivity index (χ1v) is 18.7. The van der Waals surface area contributed by atoms with Gasteiger partial charge >= 0.3 is 6.18 Å². The molecular formula is C35H54F3N3O6S. The maximum absolute atomic E-state index is 13.7. The molecule has 1 aromatic rings. The minimum atomic E-state index is -4.49. The van der Waals surface area contributed by atoms with Gasteiger partial charge in [-0.15, -0.1) is 12.3 Å². The molecule has 0 radical (unpaired) electrons. The maximum Gasteiger partial charge on any atom is 0.401 e. The Hall–Kier alpha value is -2.66. The summed E-state index contributed by atoms with van der Waals surface area (Å²) in [5.74, 6) is -0.884. The molecule has 0 heterocycles. The number of sulfone groups is 1. The van der Waals surface area contributed by atoms with Crippen molar-refractivity contribution >= 4 is 21.7 Å². The number of terminal acetylenes is 1. The van der Waals surface area contributed by atoms with Gasteiger partial charge < -0.3 is 20.8 Å². The quantitative estimate of drug-likeness (QED) is 0.152. The van der Waals surface area contributed by atoms with Gasteiger partial charge in [0.05, 0.1) is 36.1 Å². The Labute approximate surface area is 284 Å². The van der Waals surface area contributed by atoms with Gasteiger partial charge in [-0.25, -0.2) is 8.42 Å². The summed E-state index contributed by atoms with van der Waals surface area (Å²) in [6, 6.07) is 6.75. The number of amides is 2. The highest BCUT2D eigenvalue weighted by molar-refractivity contribution is 7.91. The molecule has 1 aromatic carbocycles. The van der Waals surface area contributed by atoms with E-state index in [1.54, 1.807) is 30.3 Å². The molecule has 1 saturated carbocycles. The predicted molar refractivity (Wildman–Crippen MR) is 180 cm³/mol. The zero-order chi connectivity index (χ0) is 35.9. The lowest BCUT2D eigenvalue weighted by Gasteiger charge is -2.33. The van der Waals surface area contributed by atoms with E-state index in [0.717, 1.165) is 37.0 Å². The number of alkyl halides is 3. The number of carbonyl (C=O) groups excluding carboxylic acids is 2. The van der Waals surface area contributed by atoms with Crippen LogP contribution in [0.5, 0.6) is 0 Å². The lowest BCUT2D eigenvalue weighted by atomic mass is 9.82. The number of nitrogens with one attached hydrogen (secondary N) is 2. The third-order valence-corrected chi connectivity index (χ3v) is 10.5. The fourth-order valence-corrected chi connectivity index (χ4v) is 7.86. The summed E-state index contributed by atoms with van der Waals surface area (Å²) < 4.78 is 64.5. The molecule has 1 aliphatic rings. The number of nitrogens with zero attached hydrogens (tertiary/aromatic N) is 1. The van der Waals surface area contributed by atoms with Crippen molar-refractivity contribution in [1.29, 1.82) is 0 Å². The number of carbonyl (C=O) groups is 2. The zero-order valence-electron chi connectivity index (χ0n) is 28.4. The number of rotatable bonds is 20. The highest BCUT2D eigenvalue weighted by Gasteiger charge is 2.35. The minimum absolute atomic E-state index is 0.0121. The molecule has 0 aliphatic heterocycles. The second kappa shape index (κ2) is 20.1. The van der Waals surface area contributed by atoms with Crippen LogP contribution in [0, 0.1) is 30.1 Å². The molecule has 2 rings (SSSR count). The molecule has 48 heavy (non-hydrogen) atoms. The zero-order valence-corrected chi connectivity index (χ0v) is 29.2. The third kappa shape index (κ3) is 16.2. The van der Waals surface area contributed by atoms with Crippen molar-refractivity contribution in [3.05, 3.63) is 35.9 Å². The first kappa shape index (κ1) is 41.5. The summed E-state index contributed by atoms with van der Waals surface area (Å²) >= 11 is 0. The van der Waals surface area contributed by atoms with Gasteiger partial charge in [-0.2, -0.15) is 13.2 Å². The summed E-state index contributed by atoms with van der Waals surface area (Å²) in [7, 11) is -2.83. The van der Waals surface area contributed by atoms with Crippen LogP contribution in [0.25, 0.3) is 0 Å². The Morgan fingerprint density at radius 1 is 1.06 bits per heavy atom. The van der Waals surface area contributed by atoms with Crippen LogP contribution in [0.2, 0.25) is 0 Å². The molecule has 0 unspecified atom stereocenters. The maximum atomic E-state index is 13.7. The lowest BCUT2D eigenvalue weighted by molar-refractivity contribution is -0.142. The highest BCUT2D eigenvalue weighted by atomic mass is 32.2. The monoisotopic (exact) mass is 701 g/mol. The Morgan fingerprint density at radius 3 is 2.29 bits per heavy atom. The van der Waals surface area contributed by atoms with Crippen LogP contribution in [-0.4, -0.2) is 97.5 Å². The summed E-state index contributed by atoms with van der Waals surface area (Å²) in [6.07, 6.45) is 4.74. The van der Waals surface area contributed by atoms with Crippen LogP contribution in [0.1, 0.15) is 77.2 Å². The van der Waals surface area contributed by atoms with E-state index in [1.165, 1.54) is 7.05 Å². The standard InChI is InChI=1S/C35H54F3N3O6S/c1-5-6-17-29(34(45)40-30(22-27-15-11-8-12-16-27)32(43)31(42)20-25(2)3)39-33(44)28(21-26-13-9-7-10-14-26)23-48(46,47)19-18-41(4)24-35(36,37)38/h1,7,9-10,13-14,25,27-32,42-43H,6,8,11-12,15-24H2,2-4H3,(H,39,44)(H,40,45)/t28-,29+,30+,31+,32-/m1/s1. The average Bonchev–Trinajstić information content (AvgIpc) is 3.00.